The highest BCUT2D eigenvalue weighted by Crippen LogP contribution is 2.13. The van der Waals surface area contributed by atoms with E-state index in [1.165, 1.54) is 71.1 Å². The number of aliphatic carboxylic acids is 1. The predicted octanol–water partition coefficient (Wildman–Crippen LogP) is 5.48. The van der Waals surface area contributed by atoms with Crippen LogP contribution in [-0.4, -0.2) is 23.1 Å². The zero-order valence-electron chi connectivity index (χ0n) is 15.1. The summed E-state index contributed by atoms with van der Waals surface area (Å²) in [6.07, 6.45) is 15.7. The monoisotopic (exact) mass is 328 g/mol. The van der Waals surface area contributed by atoms with Gasteiger partial charge >= 0.3 is 11.9 Å². The summed E-state index contributed by atoms with van der Waals surface area (Å²) in [5, 5.41) is 8.64. The molecule has 0 aliphatic carbocycles. The van der Waals surface area contributed by atoms with Crippen LogP contribution in [0.5, 0.6) is 0 Å². The van der Waals surface area contributed by atoms with Crippen molar-refractivity contribution in [2.45, 2.75) is 110 Å². The lowest BCUT2D eigenvalue weighted by molar-refractivity contribution is -0.162. The van der Waals surface area contributed by atoms with Gasteiger partial charge in [0, 0.05) is 6.42 Å². The molecule has 23 heavy (non-hydrogen) atoms. The fourth-order valence-corrected chi connectivity index (χ4v) is 2.59. The lowest BCUT2D eigenvalue weighted by Crippen LogP contribution is -2.23. The summed E-state index contributed by atoms with van der Waals surface area (Å²) >= 11 is 0. The standard InChI is InChI=1S/C19H36O4/c1-3-4-5-6-7-8-9-10-11-12-13-14-15-16-18(20)23-17(2)19(21)22/h17H,3-16H2,1-2H3,(H,21,22)/t17-/m0/s1. The number of carbonyl (C=O) groups is 2. The SMILES string of the molecule is CCCCCCCCCCCCCCCC(=O)O[C@@H](C)C(=O)O. The molecule has 4 heteroatoms. The van der Waals surface area contributed by atoms with Gasteiger partial charge in [-0.25, -0.2) is 4.79 Å². The summed E-state index contributed by atoms with van der Waals surface area (Å²) in [7, 11) is 0. The molecule has 0 amide bonds. The van der Waals surface area contributed by atoms with Crippen molar-refractivity contribution >= 4 is 11.9 Å². The third-order valence-electron chi connectivity index (χ3n) is 4.14. The molecular weight excluding hydrogens is 292 g/mol. The summed E-state index contributed by atoms with van der Waals surface area (Å²) in [6, 6.07) is 0. The molecule has 0 aromatic heterocycles. The van der Waals surface area contributed by atoms with E-state index >= 15 is 0 Å². The van der Waals surface area contributed by atoms with Crippen molar-refractivity contribution in [2.75, 3.05) is 0 Å². The van der Waals surface area contributed by atoms with Crippen molar-refractivity contribution in [3.63, 3.8) is 0 Å². The van der Waals surface area contributed by atoms with E-state index in [1.807, 2.05) is 0 Å². The maximum Gasteiger partial charge on any atom is 0.344 e. The van der Waals surface area contributed by atoms with Crippen molar-refractivity contribution in [1.29, 1.82) is 0 Å². The van der Waals surface area contributed by atoms with Crippen LogP contribution in [0.3, 0.4) is 0 Å². The number of unbranched alkanes of at least 4 members (excludes halogenated alkanes) is 12. The highest BCUT2D eigenvalue weighted by Gasteiger charge is 2.15. The van der Waals surface area contributed by atoms with E-state index in [9.17, 15) is 9.59 Å². The van der Waals surface area contributed by atoms with Crippen molar-refractivity contribution < 1.29 is 19.4 Å². The average Bonchev–Trinajstić information content (AvgIpc) is 2.51. The molecule has 0 saturated heterocycles. The van der Waals surface area contributed by atoms with Crippen LogP contribution in [0.2, 0.25) is 0 Å². The van der Waals surface area contributed by atoms with Gasteiger partial charge in [-0.2, -0.15) is 0 Å². The van der Waals surface area contributed by atoms with E-state index in [0.717, 1.165) is 19.3 Å². The molecule has 0 bridgehead atoms. The minimum absolute atomic E-state index is 0.329. The van der Waals surface area contributed by atoms with Crippen molar-refractivity contribution in [2.24, 2.45) is 0 Å². The molecule has 0 aromatic carbocycles. The zero-order chi connectivity index (χ0) is 17.3. The quantitative estimate of drug-likeness (QED) is 0.301. The van der Waals surface area contributed by atoms with Crippen LogP contribution in [0.1, 0.15) is 104 Å². The molecule has 0 radical (unpaired) electrons. The Bertz CT molecular complexity index is 302. The largest absolute Gasteiger partial charge is 0.479 e. The second-order valence-corrected chi connectivity index (χ2v) is 6.46. The van der Waals surface area contributed by atoms with E-state index in [4.69, 9.17) is 9.84 Å². The van der Waals surface area contributed by atoms with Gasteiger partial charge in [-0.1, -0.05) is 84.0 Å². The second-order valence-electron chi connectivity index (χ2n) is 6.46. The Balaban J connectivity index is 3.21. The predicted molar refractivity (Wildman–Crippen MR) is 93.5 cm³/mol. The molecule has 0 saturated carbocycles. The van der Waals surface area contributed by atoms with Gasteiger partial charge < -0.3 is 9.84 Å². The van der Waals surface area contributed by atoms with Gasteiger partial charge in [-0.05, 0) is 13.3 Å². The summed E-state index contributed by atoms with van der Waals surface area (Å²) in [4.78, 5) is 21.9. The molecule has 0 spiro atoms. The third kappa shape index (κ3) is 15.6. The summed E-state index contributed by atoms with van der Waals surface area (Å²) < 4.78 is 4.78. The molecule has 0 aliphatic rings. The number of hydrogen-bond acceptors (Lipinski definition) is 3. The van der Waals surface area contributed by atoms with Gasteiger partial charge in [0.1, 0.15) is 0 Å². The van der Waals surface area contributed by atoms with Crippen LogP contribution in [0.25, 0.3) is 0 Å². The Labute approximate surface area is 142 Å². The lowest BCUT2D eigenvalue weighted by Gasteiger charge is -2.08. The topological polar surface area (TPSA) is 63.6 Å². The van der Waals surface area contributed by atoms with Crippen LogP contribution in [0.4, 0.5) is 0 Å². The van der Waals surface area contributed by atoms with E-state index in [2.05, 4.69) is 6.92 Å². The number of hydrogen-bond donors (Lipinski definition) is 1. The molecule has 1 N–H and O–H groups in total. The van der Waals surface area contributed by atoms with Crippen LogP contribution in [-0.2, 0) is 14.3 Å². The Hall–Kier alpha value is -1.06. The zero-order valence-corrected chi connectivity index (χ0v) is 15.1. The Kier molecular flexibility index (Phi) is 15.1. The van der Waals surface area contributed by atoms with Crippen molar-refractivity contribution in [3.05, 3.63) is 0 Å². The fourth-order valence-electron chi connectivity index (χ4n) is 2.59. The Morgan fingerprint density at radius 3 is 1.57 bits per heavy atom. The number of esters is 1. The number of rotatable bonds is 16. The van der Waals surface area contributed by atoms with Crippen LogP contribution in [0.15, 0.2) is 0 Å². The van der Waals surface area contributed by atoms with Crippen LogP contribution in [0, 0.1) is 0 Å². The highest BCUT2D eigenvalue weighted by molar-refractivity contribution is 5.77. The highest BCUT2D eigenvalue weighted by atomic mass is 16.6. The maximum absolute atomic E-state index is 11.4. The second kappa shape index (κ2) is 15.8. The molecular formula is C19H36O4. The lowest BCUT2D eigenvalue weighted by atomic mass is 10.0. The van der Waals surface area contributed by atoms with Gasteiger partial charge in [-0.3, -0.25) is 4.79 Å². The van der Waals surface area contributed by atoms with E-state index in [-0.39, 0.29) is 0 Å². The minimum atomic E-state index is -1.09. The summed E-state index contributed by atoms with van der Waals surface area (Å²) in [5.74, 6) is -1.49. The van der Waals surface area contributed by atoms with Crippen molar-refractivity contribution in [1.82, 2.24) is 0 Å². The number of carbonyl (C=O) groups excluding carboxylic acids is 1. The molecule has 0 unspecified atom stereocenters. The normalized spacial score (nSPS) is 12.1. The van der Waals surface area contributed by atoms with E-state index in [0.29, 0.717) is 6.42 Å². The van der Waals surface area contributed by atoms with E-state index in [1.54, 1.807) is 0 Å². The van der Waals surface area contributed by atoms with Gasteiger partial charge in [0.2, 0.25) is 0 Å². The van der Waals surface area contributed by atoms with Crippen molar-refractivity contribution in [3.8, 4) is 0 Å². The fraction of sp³-hybridized carbons (Fsp3) is 0.895. The number of ether oxygens (including phenoxy) is 1. The van der Waals surface area contributed by atoms with Gasteiger partial charge in [0.25, 0.3) is 0 Å². The molecule has 4 nitrogen and oxygen atoms in total. The molecule has 1 atom stereocenters. The summed E-state index contributed by atoms with van der Waals surface area (Å²) in [6.45, 7) is 3.63. The third-order valence-corrected chi connectivity index (χ3v) is 4.14. The first-order valence-corrected chi connectivity index (χ1v) is 9.50. The first kappa shape index (κ1) is 21.9. The first-order valence-electron chi connectivity index (χ1n) is 9.50. The van der Waals surface area contributed by atoms with Gasteiger partial charge in [0.15, 0.2) is 6.10 Å². The van der Waals surface area contributed by atoms with E-state index < -0.39 is 18.0 Å². The van der Waals surface area contributed by atoms with Gasteiger partial charge in [0.05, 0.1) is 0 Å². The molecule has 0 heterocycles. The number of carboxylic acid groups (broad SMARTS) is 1. The molecule has 136 valence electrons. The molecule has 0 fully saturated rings. The molecule has 0 rings (SSSR count). The minimum Gasteiger partial charge on any atom is -0.479 e. The molecule has 0 aromatic rings. The number of carboxylic acids is 1. The van der Waals surface area contributed by atoms with Gasteiger partial charge in [-0.15, -0.1) is 0 Å². The average molecular weight is 328 g/mol. The molecule has 0 aliphatic heterocycles. The smallest absolute Gasteiger partial charge is 0.344 e. The first-order chi connectivity index (χ1) is 11.1. The Morgan fingerprint density at radius 2 is 1.17 bits per heavy atom. The van der Waals surface area contributed by atoms with Crippen LogP contribution >= 0.6 is 0 Å². The maximum atomic E-state index is 11.4. The Morgan fingerprint density at radius 1 is 0.783 bits per heavy atom. The van der Waals surface area contributed by atoms with Crippen LogP contribution < -0.4 is 0 Å². The summed E-state index contributed by atoms with van der Waals surface area (Å²) in [5.41, 5.74) is 0.